The number of ether oxygens (including phenoxy) is 2. The molecular formula is C14H17NO5. The van der Waals surface area contributed by atoms with Crippen molar-refractivity contribution in [3.8, 4) is 0 Å². The molecular weight excluding hydrogens is 262 g/mol. The molecule has 0 saturated carbocycles. The third kappa shape index (κ3) is 3.42. The number of carbonyl (C=O) groups is 3. The second kappa shape index (κ2) is 6.81. The third-order valence-corrected chi connectivity index (χ3v) is 2.94. The van der Waals surface area contributed by atoms with Gasteiger partial charge in [0.15, 0.2) is 11.3 Å². The van der Waals surface area contributed by atoms with Crippen LogP contribution in [0.4, 0.5) is 0 Å². The molecule has 0 heterocycles. The topological polar surface area (TPSA) is 95.7 Å². The molecule has 0 amide bonds. The van der Waals surface area contributed by atoms with Crippen LogP contribution in [0, 0.1) is 0 Å². The van der Waals surface area contributed by atoms with Gasteiger partial charge < -0.3 is 15.2 Å². The number of Topliss-reactive ketones (excluding diaryl/α,β-unsaturated/α-hetero) is 1. The van der Waals surface area contributed by atoms with E-state index in [1.807, 2.05) is 0 Å². The highest BCUT2D eigenvalue weighted by Gasteiger charge is 2.43. The minimum atomic E-state index is -1.90. The maximum absolute atomic E-state index is 12.4. The molecule has 0 saturated heterocycles. The molecule has 1 atom stereocenters. The van der Waals surface area contributed by atoms with Crippen molar-refractivity contribution in [2.45, 2.75) is 18.4 Å². The molecule has 6 nitrogen and oxygen atoms in total. The number of ketones is 1. The highest BCUT2D eigenvalue weighted by molar-refractivity contribution is 6.16. The zero-order valence-electron chi connectivity index (χ0n) is 11.4. The van der Waals surface area contributed by atoms with E-state index >= 15 is 0 Å². The van der Waals surface area contributed by atoms with Gasteiger partial charge in [-0.15, -0.1) is 0 Å². The first-order valence-corrected chi connectivity index (χ1v) is 5.99. The first kappa shape index (κ1) is 15.8. The average molecular weight is 279 g/mol. The number of rotatable bonds is 6. The molecule has 0 aliphatic carbocycles. The lowest BCUT2D eigenvalue weighted by Gasteiger charge is -2.24. The molecule has 0 fully saturated rings. The first-order valence-electron chi connectivity index (χ1n) is 5.99. The van der Waals surface area contributed by atoms with Crippen LogP contribution in [0.25, 0.3) is 0 Å². The Kier molecular flexibility index (Phi) is 5.40. The largest absolute Gasteiger partial charge is 0.469 e. The molecule has 0 aliphatic heterocycles. The van der Waals surface area contributed by atoms with Crippen molar-refractivity contribution in [2.24, 2.45) is 5.73 Å². The molecule has 0 spiro atoms. The highest BCUT2D eigenvalue weighted by Crippen LogP contribution is 2.19. The van der Waals surface area contributed by atoms with Crippen LogP contribution in [0.1, 0.15) is 23.2 Å². The van der Waals surface area contributed by atoms with Crippen LogP contribution >= 0.6 is 0 Å². The lowest BCUT2D eigenvalue weighted by molar-refractivity contribution is -0.146. The molecule has 0 radical (unpaired) electrons. The standard InChI is InChI=1S/C14H17NO5/c1-19-11(16)8-9-14(15,13(18)20-2)12(17)10-6-4-3-5-7-10/h3-7H,8-9,15H2,1-2H3. The van der Waals surface area contributed by atoms with Crippen LogP contribution < -0.4 is 5.73 Å². The summed E-state index contributed by atoms with van der Waals surface area (Å²) < 4.78 is 9.07. The van der Waals surface area contributed by atoms with E-state index in [1.54, 1.807) is 30.3 Å². The van der Waals surface area contributed by atoms with Crippen molar-refractivity contribution < 1.29 is 23.9 Å². The zero-order chi connectivity index (χ0) is 15.2. The number of carbonyl (C=O) groups excluding carboxylic acids is 3. The van der Waals surface area contributed by atoms with Gasteiger partial charge in [-0.05, 0) is 6.42 Å². The second-order valence-corrected chi connectivity index (χ2v) is 4.23. The molecule has 6 heteroatoms. The normalized spacial score (nSPS) is 13.2. The fraction of sp³-hybridized carbons (Fsp3) is 0.357. The van der Waals surface area contributed by atoms with Crippen LogP contribution in [0.15, 0.2) is 30.3 Å². The third-order valence-electron chi connectivity index (χ3n) is 2.94. The van der Waals surface area contributed by atoms with Gasteiger partial charge in [0, 0.05) is 12.0 Å². The van der Waals surface area contributed by atoms with Crippen molar-refractivity contribution in [3.63, 3.8) is 0 Å². The molecule has 1 aromatic carbocycles. The molecule has 2 N–H and O–H groups in total. The lowest BCUT2D eigenvalue weighted by atomic mass is 9.86. The van der Waals surface area contributed by atoms with E-state index in [0.29, 0.717) is 0 Å². The van der Waals surface area contributed by atoms with E-state index in [4.69, 9.17) is 5.73 Å². The quantitative estimate of drug-likeness (QED) is 0.467. The Hall–Kier alpha value is -2.21. The zero-order valence-corrected chi connectivity index (χ0v) is 11.4. The number of benzene rings is 1. The van der Waals surface area contributed by atoms with E-state index in [0.717, 1.165) is 7.11 Å². The molecule has 0 aromatic heterocycles. The van der Waals surface area contributed by atoms with Crippen LogP contribution in [-0.2, 0) is 19.1 Å². The number of hydrogen-bond acceptors (Lipinski definition) is 6. The van der Waals surface area contributed by atoms with Gasteiger partial charge >= 0.3 is 11.9 Å². The molecule has 1 aromatic rings. The average Bonchev–Trinajstić information content (AvgIpc) is 2.51. The molecule has 1 rings (SSSR count). The molecule has 0 bridgehead atoms. The van der Waals surface area contributed by atoms with E-state index < -0.39 is 23.3 Å². The van der Waals surface area contributed by atoms with Gasteiger partial charge in [-0.25, -0.2) is 4.79 Å². The summed E-state index contributed by atoms with van der Waals surface area (Å²) in [5.41, 5.74) is 4.28. The number of esters is 2. The minimum absolute atomic E-state index is 0.152. The summed E-state index contributed by atoms with van der Waals surface area (Å²) >= 11 is 0. The van der Waals surface area contributed by atoms with E-state index in [2.05, 4.69) is 9.47 Å². The predicted octanol–water partition coefficient (Wildman–Crippen LogP) is 0.693. The molecule has 0 aliphatic rings. The van der Waals surface area contributed by atoms with Crippen molar-refractivity contribution in [1.82, 2.24) is 0 Å². The Labute approximate surface area is 116 Å². The monoisotopic (exact) mass is 279 g/mol. The van der Waals surface area contributed by atoms with Crippen LogP contribution in [0.2, 0.25) is 0 Å². The van der Waals surface area contributed by atoms with E-state index in [-0.39, 0.29) is 18.4 Å². The molecule has 1 unspecified atom stereocenters. The van der Waals surface area contributed by atoms with Crippen molar-refractivity contribution in [1.29, 1.82) is 0 Å². The maximum Gasteiger partial charge on any atom is 0.334 e. The van der Waals surface area contributed by atoms with Gasteiger partial charge in [0.2, 0.25) is 0 Å². The smallest absolute Gasteiger partial charge is 0.334 e. The number of nitrogens with two attached hydrogens (primary N) is 1. The summed E-state index contributed by atoms with van der Waals surface area (Å²) in [6.07, 6.45) is -0.333. The summed E-state index contributed by atoms with van der Waals surface area (Å²) in [7, 11) is 2.36. The van der Waals surface area contributed by atoms with Gasteiger partial charge in [-0.3, -0.25) is 9.59 Å². The van der Waals surface area contributed by atoms with Gasteiger partial charge in [0.1, 0.15) is 0 Å². The summed E-state index contributed by atoms with van der Waals surface area (Å²) in [5.74, 6) is -2.02. The fourth-order valence-corrected chi connectivity index (χ4v) is 1.74. The summed E-state index contributed by atoms with van der Waals surface area (Å²) in [5, 5.41) is 0. The van der Waals surface area contributed by atoms with Gasteiger partial charge in [0.05, 0.1) is 14.2 Å². The summed E-state index contributed by atoms with van der Waals surface area (Å²) in [6, 6.07) is 8.15. The number of hydrogen-bond donors (Lipinski definition) is 1. The van der Waals surface area contributed by atoms with E-state index in [9.17, 15) is 14.4 Å². The molecule has 20 heavy (non-hydrogen) atoms. The highest BCUT2D eigenvalue weighted by atomic mass is 16.5. The summed E-state index contributed by atoms with van der Waals surface area (Å²) in [6.45, 7) is 0. The Morgan fingerprint density at radius 3 is 2.20 bits per heavy atom. The Bertz CT molecular complexity index is 500. The predicted molar refractivity (Wildman–Crippen MR) is 71.0 cm³/mol. The second-order valence-electron chi connectivity index (χ2n) is 4.23. The fourth-order valence-electron chi connectivity index (χ4n) is 1.74. The number of methoxy groups -OCH3 is 2. The van der Waals surface area contributed by atoms with Gasteiger partial charge in [-0.1, -0.05) is 30.3 Å². The lowest BCUT2D eigenvalue weighted by Crippen LogP contribution is -2.55. The molecule has 108 valence electrons. The Balaban J connectivity index is 3.02. The van der Waals surface area contributed by atoms with Gasteiger partial charge in [-0.2, -0.15) is 0 Å². The maximum atomic E-state index is 12.4. The Morgan fingerprint density at radius 1 is 1.10 bits per heavy atom. The van der Waals surface area contributed by atoms with Crippen LogP contribution in [-0.4, -0.2) is 37.5 Å². The van der Waals surface area contributed by atoms with Crippen molar-refractivity contribution in [2.75, 3.05) is 14.2 Å². The Morgan fingerprint density at radius 2 is 1.70 bits per heavy atom. The van der Waals surface area contributed by atoms with Crippen molar-refractivity contribution in [3.05, 3.63) is 35.9 Å². The first-order chi connectivity index (χ1) is 9.45. The van der Waals surface area contributed by atoms with Crippen molar-refractivity contribution >= 4 is 17.7 Å². The summed E-state index contributed by atoms with van der Waals surface area (Å²) in [4.78, 5) is 35.4. The SMILES string of the molecule is COC(=O)CCC(N)(C(=O)OC)C(=O)c1ccccc1. The van der Waals surface area contributed by atoms with E-state index in [1.165, 1.54) is 7.11 Å². The van der Waals surface area contributed by atoms with Crippen LogP contribution in [0.3, 0.4) is 0 Å². The van der Waals surface area contributed by atoms with Gasteiger partial charge in [0.25, 0.3) is 0 Å². The van der Waals surface area contributed by atoms with Crippen LogP contribution in [0.5, 0.6) is 0 Å². The minimum Gasteiger partial charge on any atom is -0.469 e.